The SMILES string of the molecule is O=C(CN1CCN(C(=O)c2ccc(COc3ccccc3)o2)CC1)N1CCCC1. The topological polar surface area (TPSA) is 66.2 Å². The first-order valence-corrected chi connectivity index (χ1v) is 10.2. The van der Waals surface area contributed by atoms with Crippen molar-refractivity contribution < 1.29 is 18.7 Å². The van der Waals surface area contributed by atoms with Gasteiger partial charge in [0.25, 0.3) is 5.91 Å². The number of amides is 2. The maximum Gasteiger partial charge on any atom is 0.289 e. The molecule has 0 unspecified atom stereocenters. The molecule has 2 aliphatic heterocycles. The Morgan fingerprint density at radius 2 is 1.59 bits per heavy atom. The Kier molecular flexibility index (Phi) is 6.14. The van der Waals surface area contributed by atoms with Crippen molar-refractivity contribution in [2.75, 3.05) is 45.8 Å². The largest absolute Gasteiger partial charge is 0.486 e. The molecule has 0 bridgehead atoms. The molecule has 4 rings (SSSR count). The van der Waals surface area contributed by atoms with E-state index in [0.717, 1.165) is 31.7 Å². The van der Waals surface area contributed by atoms with Gasteiger partial charge in [0, 0.05) is 39.3 Å². The number of ether oxygens (including phenoxy) is 1. The van der Waals surface area contributed by atoms with Crippen molar-refractivity contribution in [1.82, 2.24) is 14.7 Å². The van der Waals surface area contributed by atoms with Gasteiger partial charge in [0.2, 0.25) is 5.91 Å². The quantitative estimate of drug-likeness (QED) is 0.748. The van der Waals surface area contributed by atoms with E-state index < -0.39 is 0 Å². The summed E-state index contributed by atoms with van der Waals surface area (Å²) in [4.78, 5) is 30.9. The number of nitrogens with zero attached hydrogens (tertiary/aromatic N) is 3. The second kappa shape index (κ2) is 9.13. The van der Waals surface area contributed by atoms with E-state index in [2.05, 4.69) is 4.90 Å². The van der Waals surface area contributed by atoms with Crippen LogP contribution >= 0.6 is 0 Å². The van der Waals surface area contributed by atoms with Crippen LogP contribution in [0.1, 0.15) is 29.2 Å². The first-order valence-electron chi connectivity index (χ1n) is 10.2. The van der Waals surface area contributed by atoms with Crippen molar-refractivity contribution in [3.8, 4) is 5.75 Å². The lowest BCUT2D eigenvalue weighted by Gasteiger charge is -2.34. The van der Waals surface area contributed by atoms with Gasteiger partial charge in [-0.25, -0.2) is 0 Å². The molecule has 3 heterocycles. The van der Waals surface area contributed by atoms with Crippen LogP contribution in [0.4, 0.5) is 0 Å². The Hall–Kier alpha value is -2.80. The number of hydrogen-bond donors (Lipinski definition) is 0. The number of carbonyl (C=O) groups is 2. The molecule has 2 saturated heterocycles. The summed E-state index contributed by atoms with van der Waals surface area (Å²) in [6, 6.07) is 13.0. The van der Waals surface area contributed by atoms with Crippen LogP contribution < -0.4 is 4.74 Å². The molecule has 2 amide bonds. The first-order chi connectivity index (χ1) is 14.2. The molecular formula is C22H27N3O4. The summed E-state index contributed by atoms with van der Waals surface area (Å²) in [5, 5.41) is 0. The van der Waals surface area contributed by atoms with Crippen molar-refractivity contribution in [2.45, 2.75) is 19.4 Å². The van der Waals surface area contributed by atoms with Crippen molar-refractivity contribution in [3.63, 3.8) is 0 Å². The molecule has 2 aliphatic rings. The molecule has 0 radical (unpaired) electrons. The summed E-state index contributed by atoms with van der Waals surface area (Å²) in [6.07, 6.45) is 2.21. The van der Waals surface area contributed by atoms with Gasteiger partial charge in [-0.05, 0) is 37.1 Å². The van der Waals surface area contributed by atoms with E-state index in [1.165, 1.54) is 0 Å². The van der Waals surface area contributed by atoms with Crippen LogP contribution in [0.2, 0.25) is 0 Å². The number of hydrogen-bond acceptors (Lipinski definition) is 5. The standard InChI is InChI=1S/C22H27N3O4/c26-21(24-10-4-5-11-24)16-23-12-14-25(15-13-23)22(27)20-9-8-19(29-20)17-28-18-6-2-1-3-7-18/h1-3,6-9H,4-5,10-17H2. The van der Waals surface area contributed by atoms with Crippen molar-refractivity contribution in [3.05, 3.63) is 54.0 Å². The van der Waals surface area contributed by atoms with Gasteiger partial charge in [0.05, 0.1) is 6.54 Å². The number of furan rings is 1. The van der Waals surface area contributed by atoms with E-state index in [0.29, 0.717) is 44.2 Å². The molecular weight excluding hydrogens is 370 g/mol. The number of para-hydroxylation sites is 1. The highest BCUT2D eigenvalue weighted by Crippen LogP contribution is 2.16. The Balaban J connectivity index is 1.24. The summed E-state index contributed by atoms with van der Waals surface area (Å²) < 4.78 is 11.4. The third-order valence-corrected chi connectivity index (χ3v) is 5.47. The van der Waals surface area contributed by atoms with Crippen molar-refractivity contribution in [2.24, 2.45) is 0 Å². The maximum atomic E-state index is 12.7. The molecule has 1 aromatic carbocycles. The third-order valence-electron chi connectivity index (χ3n) is 5.47. The lowest BCUT2D eigenvalue weighted by Crippen LogP contribution is -2.51. The summed E-state index contributed by atoms with van der Waals surface area (Å²) in [5.41, 5.74) is 0. The molecule has 29 heavy (non-hydrogen) atoms. The van der Waals surface area contributed by atoms with Crippen LogP contribution in [0, 0.1) is 0 Å². The number of piperazine rings is 1. The molecule has 0 spiro atoms. The number of likely N-dealkylation sites (tertiary alicyclic amines) is 1. The normalized spacial score (nSPS) is 17.5. The fraction of sp³-hybridized carbons (Fsp3) is 0.455. The number of carbonyl (C=O) groups excluding carboxylic acids is 2. The molecule has 2 aromatic rings. The Morgan fingerprint density at radius 1 is 0.862 bits per heavy atom. The summed E-state index contributed by atoms with van der Waals surface area (Å²) in [7, 11) is 0. The minimum Gasteiger partial charge on any atom is -0.486 e. The predicted molar refractivity (Wildman–Crippen MR) is 108 cm³/mol. The monoisotopic (exact) mass is 397 g/mol. The second-order valence-corrected chi connectivity index (χ2v) is 7.52. The smallest absolute Gasteiger partial charge is 0.289 e. The zero-order chi connectivity index (χ0) is 20.1. The minimum absolute atomic E-state index is 0.110. The van der Waals surface area contributed by atoms with E-state index in [1.54, 1.807) is 17.0 Å². The van der Waals surface area contributed by atoms with Gasteiger partial charge in [-0.15, -0.1) is 0 Å². The summed E-state index contributed by atoms with van der Waals surface area (Å²) >= 11 is 0. The summed E-state index contributed by atoms with van der Waals surface area (Å²) in [6.45, 7) is 5.10. The van der Waals surface area contributed by atoms with Crippen LogP contribution in [0.3, 0.4) is 0 Å². The molecule has 7 heteroatoms. The molecule has 0 atom stereocenters. The summed E-state index contributed by atoms with van der Waals surface area (Å²) in [5.74, 6) is 1.81. The van der Waals surface area contributed by atoms with Gasteiger partial charge in [0.1, 0.15) is 18.1 Å². The fourth-order valence-corrected chi connectivity index (χ4v) is 3.76. The lowest BCUT2D eigenvalue weighted by molar-refractivity contribution is -0.131. The zero-order valence-electron chi connectivity index (χ0n) is 16.6. The second-order valence-electron chi connectivity index (χ2n) is 7.52. The fourth-order valence-electron chi connectivity index (χ4n) is 3.76. The van der Waals surface area contributed by atoms with Gasteiger partial charge in [0.15, 0.2) is 5.76 Å². The average Bonchev–Trinajstić information content (AvgIpc) is 3.45. The van der Waals surface area contributed by atoms with Gasteiger partial charge >= 0.3 is 0 Å². The van der Waals surface area contributed by atoms with Crippen LogP contribution in [-0.2, 0) is 11.4 Å². The molecule has 0 saturated carbocycles. The minimum atomic E-state index is -0.110. The van der Waals surface area contributed by atoms with Crippen molar-refractivity contribution in [1.29, 1.82) is 0 Å². The number of benzene rings is 1. The molecule has 7 nitrogen and oxygen atoms in total. The van der Waals surface area contributed by atoms with Gasteiger partial charge in [-0.3, -0.25) is 14.5 Å². The van der Waals surface area contributed by atoms with E-state index in [-0.39, 0.29) is 18.4 Å². The van der Waals surface area contributed by atoms with E-state index in [9.17, 15) is 9.59 Å². The first kappa shape index (κ1) is 19.5. The lowest BCUT2D eigenvalue weighted by atomic mass is 10.2. The van der Waals surface area contributed by atoms with Crippen LogP contribution in [0.15, 0.2) is 46.9 Å². The highest BCUT2D eigenvalue weighted by atomic mass is 16.5. The number of rotatable bonds is 6. The zero-order valence-corrected chi connectivity index (χ0v) is 16.6. The van der Waals surface area contributed by atoms with Gasteiger partial charge in [-0.1, -0.05) is 18.2 Å². The van der Waals surface area contributed by atoms with E-state index >= 15 is 0 Å². The average molecular weight is 397 g/mol. The van der Waals surface area contributed by atoms with Crippen molar-refractivity contribution >= 4 is 11.8 Å². The third kappa shape index (κ3) is 4.98. The van der Waals surface area contributed by atoms with Crippen LogP contribution in [0.25, 0.3) is 0 Å². The highest BCUT2D eigenvalue weighted by molar-refractivity contribution is 5.91. The van der Waals surface area contributed by atoms with Gasteiger partial charge in [-0.2, -0.15) is 0 Å². The van der Waals surface area contributed by atoms with E-state index in [1.807, 2.05) is 35.2 Å². The van der Waals surface area contributed by atoms with E-state index in [4.69, 9.17) is 9.15 Å². The van der Waals surface area contributed by atoms with Crippen LogP contribution in [0.5, 0.6) is 5.75 Å². The van der Waals surface area contributed by atoms with Crippen LogP contribution in [-0.4, -0.2) is 72.3 Å². The molecule has 154 valence electrons. The van der Waals surface area contributed by atoms with Gasteiger partial charge < -0.3 is 19.0 Å². The molecule has 1 aromatic heterocycles. The Morgan fingerprint density at radius 3 is 2.31 bits per heavy atom. The predicted octanol–water partition coefficient (Wildman–Crippen LogP) is 2.24. The molecule has 2 fully saturated rings. The molecule has 0 aliphatic carbocycles. The Labute approximate surface area is 170 Å². The Bertz CT molecular complexity index is 822. The maximum absolute atomic E-state index is 12.7. The molecule has 0 N–H and O–H groups in total. The highest BCUT2D eigenvalue weighted by Gasteiger charge is 2.27.